The molecule has 236 valence electrons. The molecule has 0 aliphatic rings. The van der Waals surface area contributed by atoms with Gasteiger partial charge in [-0.2, -0.15) is 0 Å². The predicted molar refractivity (Wildman–Crippen MR) is 192 cm³/mol. The summed E-state index contributed by atoms with van der Waals surface area (Å²) in [6.45, 7) is 22.0. The summed E-state index contributed by atoms with van der Waals surface area (Å²) in [6.07, 6.45) is 37.6. The Kier molecular flexibility index (Phi) is 22.7. The van der Waals surface area contributed by atoms with E-state index in [2.05, 4.69) is 136 Å². The van der Waals surface area contributed by atoms with E-state index in [1.165, 1.54) is 51.9 Å². The Labute approximate surface area is 262 Å². The maximum absolute atomic E-state index is 5.52. The molecular formula is C41H66O. The molecule has 0 aromatic heterocycles. The van der Waals surface area contributed by atoms with Crippen LogP contribution in [0, 0.1) is 0 Å². The highest BCUT2D eigenvalue weighted by atomic mass is 16.5. The van der Waals surface area contributed by atoms with Crippen LogP contribution in [0.5, 0.6) is 0 Å². The van der Waals surface area contributed by atoms with Crippen molar-refractivity contribution in [2.45, 2.75) is 145 Å². The first-order chi connectivity index (χ1) is 19.8. The van der Waals surface area contributed by atoms with Gasteiger partial charge in [0.05, 0.1) is 5.60 Å². The quantitative estimate of drug-likeness (QED) is 0.0752. The van der Waals surface area contributed by atoms with Crippen molar-refractivity contribution in [3.8, 4) is 0 Å². The summed E-state index contributed by atoms with van der Waals surface area (Å²) in [5.41, 5.74) is 9.93. The van der Waals surface area contributed by atoms with Gasteiger partial charge in [-0.25, -0.2) is 0 Å². The van der Waals surface area contributed by atoms with E-state index < -0.39 is 0 Å². The molecule has 0 saturated heterocycles. The van der Waals surface area contributed by atoms with Crippen molar-refractivity contribution >= 4 is 0 Å². The van der Waals surface area contributed by atoms with E-state index in [0.29, 0.717) is 0 Å². The van der Waals surface area contributed by atoms with Crippen molar-refractivity contribution in [1.29, 1.82) is 0 Å². The van der Waals surface area contributed by atoms with Crippen molar-refractivity contribution in [2.75, 3.05) is 7.11 Å². The normalized spacial score (nSPS) is 14.9. The molecule has 1 heteroatoms. The van der Waals surface area contributed by atoms with Gasteiger partial charge < -0.3 is 4.74 Å². The van der Waals surface area contributed by atoms with Crippen LogP contribution in [0.2, 0.25) is 0 Å². The Hall–Kier alpha value is -2.38. The first-order valence-corrected chi connectivity index (χ1v) is 16.4. The molecule has 0 aromatic rings. The molecule has 0 spiro atoms. The first-order valence-electron chi connectivity index (χ1n) is 16.4. The standard InChI is InChI=1S/C41H66O/c1-34(2)20-14-23-37(5)26-17-29-38(6)27-15-24-35(3)21-12-13-22-36(4)25-16-28-39(7)30-18-31-40(8)32-19-33-41(9,10)42-11/h15-16,20-22,24-28,31H,12-14,17-19,23,29-30,32-33H2,1-11H3/b24-15-,25-16+,35-21-,36-22+,37-26-,38-27-,39-28+,40-31+. The van der Waals surface area contributed by atoms with Crippen LogP contribution < -0.4 is 0 Å². The van der Waals surface area contributed by atoms with E-state index >= 15 is 0 Å². The average molecular weight is 575 g/mol. The third kappa shape index (κ3) is 25.3. The van der Waals surface area contributed by atoms with Crippen molar-refractivity contribution < 1.29 is 4.74 Å². The molecule has 0 bridgehead atoms. The van der Waals surface area contributed by atoms with Gasteiger partial charge in [0.1, 0.15) is 0 Å². The summed E-state index contributed by atoms with van der Waals surface area (Å²) in [5, 5.41) is 0. The second-order valence-electron chi connectivity index (χ2n) is 13.0. The van der Waals surface area contributed by atoms with Crippen LogP contribution in [0.4, 0.5) is 0 Å². The van der Waals surface area contributed by atoms with E-state index in [4.69, 9.17) is 4.74 Å². The number of rotatable bonds is 21. The summed E-state index contributed by atoms with van der Waals surface area (Å²) < 4.78 is 5.52. The number of allylic oxidation sites excluding steroid dienone is 18. The van der Waals surface area contributed by atoms with Gasteiger partial charge in [-0.05, 0) is 140 Å². The molecule has 0 heterocycles. The summed E-state index contributed by atoms with van der Waals surface area (Å²) in [5.74, 6) is 0. The summed E-state index contributed by atoms with van der Waals surface area (Å²) in [7, 11) is 1.80. The molecular weight excluding hydrogens is 508 g/mol. The van der Waals surface area contributed by atoms with Crippen LogP contribution in [0.3, 0.4) is 0 Å². The number of ether oxygens (including phenoxy) is 1. The zero-order valence-electron chi connectivity index (χ0n) is 29.5. The van der Waals surface area contributed by atoms with Crippen LogP contribution in [0.25, 0.3) is 0 Å². The molecule has 0 amide bonds. The van der Waals surface area contributed by atoms with Crippen LogP contribution in [-0.4, -0.2) is 12.7 Å². The van der Waals surface area contributed by atoms with E-state index in [0.717, 1.165) is 57.8 Å². The third-order valence-corrected chi connectivity index (χ3v) is 7.64. The Morgan fingerprint density at radius 3 is 1.40 bits per heavy atom. The Bertz CT molecular complexity index is 1020. The van der Waals surface area contributed by atoms with Gasteiger partial charge in [-0.15, -0.1) is 0 Å². The lowest BCUT2D eigenvalue weighted by Gasteiger charge is -2.22. The molecule has 42 heavy (non-hydrogen) atoms. The maximum atomic E-state index is 5.52. The summed E-state index contributed by atoms with van der Waals surface area (Å²) in [6, 6.07) is 0. The molecule has 0 rings (SSSR count). The Morgan fingerprint density at radius 2 is 0.952 bits per heavy atom. The van der Waals surface area contributed by atoms with E-state index in [-0.39, 0.29) is 5.60 Å². The number of methoxy groups -OCH3 is 1. The van der Waals surface area contributed by atoms with Crippen LogP contribution in [0.1, 0.15) is 140 Å². The minimum Gasteiger partial charge on any atom is -0.379 e. The predicted octanol–water partition coefficient (Wildman–Crippen LogP) is 13.5. The van der Waals surface area contributed by atoms with Gasteiger partial charge in [-0.1, -0.05) is 106 Å². The van der Waals surface area contributed by atoms with Crippen LogP contribution in [0.15, 0.2) is 106 Å². The molecule has 0 aromatic carbocycles. The fraction of sp³-hybridized carbons (Fsp3) is 0.561. The second-order valence-corrected chi connectivity index (χ2v) is 13.0. The van der Waals surface area contributed by atoms with Crippen LogP contribution >= 0.6 is 0 Å². The SMILES string of the molecule is COC(C)(C)CCC/C(C)=C/CC/C(C)=C/C=C/C(C)=C/CC\C=C(C)/C=C\C=C(\C)CC/C=C(/C)CCC=C(C)C. The third-order valence-electron chi connectivity index (χ3n) is 7.64. The average Bonchev–Trinajstić information content (AvgIpc) is 2.91. The van der Waals surface area contributed by atoms with Gasteiger partial charge in [-0.3, -0.25) is 0 Å². The topological polar surface area (TPSA) is 9.23 Å². The zero-order chi connectivity index (χ0) is 31.8. The molecule has 1 nitrogen and oxygen atoms in total. The van der Waals surface area contributed by atoms with Crippen molar-refractivity contribution in [2.24, 2.45) is 0 Å². The lowest BCUT2D eigenvalue weighted by Crippen LogP contribution is -2.21. The number of unbranched alkanes of at least 4 members (excludes halogenated alkanes) is 1. The molecule has 0 unspecified atom stereocenters. The van der Waals surface area contributed by atoms with E-state index in [1.54, 1.807) is 7.11 Å². The number of hydrogen-bond acceptors (Lipinski definition) is 1. The first kappa shape index (κ1) is 39.6. The maximum Gasteiger partial charge on any atom is 0.0622 e. The van der Waals surface area contributed by atoms with Crippen LogP contribution in [-0.2, 0) is 4.74 Å². The molecule has 0 fully saturated rings. The number of hydrogen-bond donors (Lipinski definition) is 0. The fourth-order valence-electron chi connectivity index (χ4n) is 4.43. The summed E-state index contributed by atoms with van der Waals surface area (Å²) in [4.78, 5) is 0. The van der Waals surface area contributed by atoms with E-state index in [9.17, 15) is 0 Å². The van der Waals surface area contributed by atoms with Crippen molar-refractivity contribution in [3.05, 3.63) is 106 Å². The minimum absolute atomic E-state index is 0.00905. The largest absolute Gasteiger partial charge is 0.379 e. The molecule has 0 atom stereocenters. The lowest BCUT2D eigenvalue weighted by molar-refractivity contribution is 0.0140. The molecule has 0 aliphatic carbocycles. The fourth-order valence-corrected chi connectivity index (χ4v) is 4.43. The Balaban J connectivity index is 4.37. The molecule has 0 aliphatic heterocycles. The van der Waals surface area contributed by atoms with Crippen molar-refractivity contribution in [1.82, 2.24) is 0 Å². The monoisotopic (exact) mass is 575 g/mol. The van der Waals surface area contributed by atoms with Gasteiger partial charge in [0.2, 0.25) is 0 Å². The van der Waals surface area contributed by atoms with Gasteiger partial charge in [0.15, 0.2) is 0 Å². The summed E-state index contributed by atoms with van der Waals surface area (Å²) >= 11 is 0. The second kappa shape index (κ2) is 24.1. The zero-order valence-corrected chi connectivity index (χ0v) is 29.5. The highest BCUT2D eigenvalue weighted by Gasteiger charge is 2.15. The lowest BCUT2D eigenvalue weighted by atomic mass is 9.98. The Morgan fingerprint density at radius 1 is 0.524 bits per heavy atom. The van der Waals surface area contributed by atoms with Gasteiger partial charge in [0, 0.05) is 7.11 Å². The highest BCUT2D eigenvalue weighted by molar-refractivity contribution is 5.24. The molecule has 0 saturated carbocycles. The van der Waals surface area contributed by atoms with E-state index in [1.807, 2.05) is 0 Å². The smallest absolute Gasteiger partial charge is 0.0622 e. The molecule has 0 N–H and O–H groups in total. The van der Waals surface area contributed by atoms with Gasteiger partial charge in [0.25, 0.3) is 0 Å². The van der Waals surface area contributed by atoms with Crippen molar-refractivity contribution in [3.63, 3.8) is 0 Å². The minimum atomic E-state index is -0.00905. The molecule has 0 radical (unpaired) electrons. The highest BCUT2D eigenvalue weighted by Crippen LogP contribution is 2.19. The van der Waals surface area contributed by atoms with Gasteiger partial charge >= 0.3 is 0 Å².